The second kappa shape index (κ2) is 17.8. The average molecular weight is 459 g/mol. The van der Waals surface area contributed by atoms with Gasteiger partial charge in [0.15, 0.2) is 0 Å². The van der Waals surface area contributed by atoms with Crippen LogP contribution >= 0.6 is 0 Å². The predicted molar refractivity (Wildman–Crippen MR) is 122 cm³/mol. The van der Waals surface area contributed by atoms with Gasteiger partial charge in [-0.2, -0.15) is 0 Å². The third kappa shape index (κ3) is 16.9. The molecule has 0 aliphatic heterocycles. The minimum absolute atomic E-state index is 0.220. The average Bonchev–Trinajstić information content (AvgIpc) is 2.69. The number of aliphatic hydroxyl groups excluding tert-OH is 2. The number of hydrogen-bond donors (Lipinski definition) is 2. The number of aliphatic hydroxyl groups is 2. The van der Waals surface area contributed by atoms with Crippen LogP contribution in [0.2, 0.25) is 0 Å². The minimum atomic E-state index is -0.987. The Balaban J connectivity index is 3.87. The summed E-state index contributed by atoms with van der Waals surface area (Å²) in [5.74, 6) is -0.802. The van der Waals surface area contributed by atoms with Crippen LogP contribution < -0.4 is 0 Å². The molecule has 0 aromatic carbocycles. The zero-order valence-corrected chi connectivity index (χ0v) is 20.1. The lowest BCUT2D eigenvalue weighted by atomic mass is 10.1. The molecule has 0 saturated heterocycles. The van der Waals surface area contributed by atoms with E-state index in [0.717, 1.165) is 36.8 Å². The van der Waals surface area contributed by atoms with Crippen molar-refractivity contribution in [2.45, 2.75) is 104 Å². The molecule has 0 fully saturated rings. The van der Waals surface area contributed by atoms with Gasteiger partial charge in [0, 0.05) is 12.8 Å². The van der Waals surface area contributed by atoms with Gasteiger partial charge in [0.05, 0.1) is 13.2 Å². The van der Waals surface area contributed by atoms with Crippen LogP contribution in [0.4, 0.5) is 0 Å². The van der Waals surface area contributed by atoms with Crippen molar-refractivity contribution in [3.63, 3.8) is 0 Å². The minimum Gasteiger partial charge on any atom is -0.433 e. The van der Waals surface area contributed by atoms with E-state index in [1.165, 1.54) is 13.8 Å². The SMILES string of the molecule is C=C(C)COC(OC(=O)CCCCCCCCC(=O)OC(OCC(=C)C)C(C)O)C(C)O. The summed E-state index contributed by atoms with van der Waals surface area (Å²) >= 11 is 0. The zero-order chi connectivity index (χ0) is 24.5. The van der Waals surface area contributed by atoms with Crippen LogP contribution in [0.1, 0.15) is 79.1 Å². The fourth-order valence-corrected chi connectivity index (χ4v) is 2.62. The van der Waals surface area contributed by atoms with Gasteiger partial charge < -0.3 is 29.2 Å². The van der Waals surface area contributed by atoms with Crippen LogP contribution in [0.5, 0.6) is 0 Å². The van der Waals surface area contributed by atoms with E-state index in [1.54, 1.807) is 13.8 Å². The van der Waals surface area contributed by atoms with Crippen molar-refractivity contribution < 1.29 is 38.7 Å². The fourth-order valence-electron chi connectivity index (χ4n) is 2.62. The van der Waals surface area contributed by atoms with E-state index in [2.05, 4.69) is 13.2 Å². The predicted octanol–water partition coefficient (Wildman–Crippen LogP) is 3.79. The number of hydrogen-bond acceptors (Lipinski definition) is 8. The molecule has 0 spiro atoms. The zero-order valence-electron chi connectivity index (χ0n) is 20.1. The first-order valence-electron chi connectivity index (χ1n) is 11.3. The first kappa shape index (κ1) is 30.3. The van der Waals surface area contributed by atoms with E-state index in [0.29, 0.717) is 12.8 Å². The van der Waals surface area contributed by atoms with Gasteiger partial charge in [-0.3, -0.25) is 9.59 Å². The van der Waals surface area contributed by atoms with Crippen LogP contribution in [0, 0.1) is 0 Å². The van der Waals surface area contributed by atoms with E-state index >= 15 is 0 Å². The molecule has 8 heteroatoms. The van der Waals surface area contributed by atoms with E-state index < -0.39 is 36.7 Å². The Bertz CT molecular complexity index is 520. The molecule has 0 saturated carbocycles. The molecule has 0 rings (SSSR count). The molecule has 0 radical (unpaired) electrons. The Labute approximate surface area is 192 Å². The normalized spacial score (nSPS) is 14.8. The lowest BCUT2D eigenvalue weighted by Gasteiger charge is -2.21. The third-order valence-corrected chi connectivity index (χ3v) is 4.28. The van der Waals surface area contributed by atoms with E-state index in [4.69, 9.17) is 18.9 Å². The number of carbonyl (C=O) groups excluding carboxylic acids is 2. The largest absolute Gasteiger partial charge is 0.433 e. The summed E-state index contributed by atoms with van der Waals surface area (Å²) in [6, 6.07) is 0. The highest BCUT2D eigenvalue weighted by Crippen LogP contribution is 2.13. The molecule has 2 N–H and O–H groups in total. The van der Waals surface area contributed by atoms with Gasteiger partial charge in [-0.15, -0.1) is 0 Å². The van der Waals surface area contributed by atoms with Gasteiger partial charge in [-0.05, 0) is 40.5 Å². The van der Waals surface area contributed by atoms with Crippen LogP contribution in [0.25, 0.3) is 0 Å². The molecule has 4 atom stereocenters. The molecule has 0 bridgehead atoms. The summed E-state index contributed by atoms with van der Waals surface area (Å²) in [7, 11) is 0. The molecule has 0 aromatic rings. The van der Waals surface area contributed by atoms with Gasteiger partial charge >= 0.3 is 11.9 Å². The Morgan fingerprint density at radius 2 is 1.00 bits per heavy atom. The van der Waals surface area contributed by atoms with Crippen LogP contribution in [-0.4, -0.2) is 60.2 Å². The fraction of sp³-hybridized carbons (Fsp3) is 0.750. The summed E-state index contributed by atoms with van der Waals surface area (Å²) in [5, 5.41) is 19.3. The molecule has 186 valence electrons. The van der Waals surface area contributed by atoms with Gasteiger partial charge in [0.1, 0.15) is 12.2 Å². The smallest absolute Gasteiger partial charge is 0.308 e. The number of unbranched alkanes of at least 4 members (excludes halogenated alkanes) is 5. The van der Waals surface area contributed by atoms with Gasteiger partial charge in [0.25, 0.3) is 0 Å². The quantitative estimate of drug-likeness (QED) is 0.130. The van der Waals surface area contributed by atoms with Crippen molar-refractivity contribution in [2.75, 3.05) is 13.2 Å². The number of ether oxygens (including phenoxy) is 4. The lowest BCUT2D eigenvalue weighted by molar-refractivity contribution is -0.198. The van der Waals surface area contributed by atoms with E-state index in [-0.39, 0.29) is 26.1 Å². The van der Waals surface area contributed by atoms with Crippen molar-refractivity contribution in [3.8, 4) is 0 Å². The van der Waals surface area contributed by atoms with E-state index in [1.807, 2.05) is 0 Å². The second-order valence-electron chi connectivity index (χ2n) is 8.36. The summed E-state index contributed by atoms with van der Waals surface area (Å²) in [5.41, 5.74) is 1.55. The van der Waals surface area contributed by atoms with Crippen molar-refractivity contribution in [1.82, 2.24) is 0 Å². The maximum Gasteiger partial charge on any atom is 0.308 e. The monoisotopic (exact) mass is 458 g/mol. The summed E-state index contributed by atoms with van der Waals surface area (Å²) in [6.07, 6.45) is 1.68. The molecular weight excluding hydrogens is 416 g/mol. The highest BCUT2D eigenvalue weighted by Gasteiger charge is 2.21. The molecule has 8 nitrogen and oxygen atoms in total. The van der Waals surface area contributed by atoms with Crippen LogP contribution in [0.15, 0.2) is 24.3 Å². The molecule has 0 amide bonds. The molecule has 0 heterocycles. The Hall–Kier alpha value is -1.74. The molecule has 32 heavy (non-hydrogen) atoms. The molecular formula is C24H42O8. The van der Waals surface area contributed by atoms with Crippen LogP contribution in [-0.2, 0) is 28.5 Å². The highest BCUT2D eigenvalue weighted by molar-refractivity contribution is 5.69. The first-order valence-corrected chi connectivity index (χ1v) is 11.3. The van der Waals surface area contributed by atoms with Gasteiger partial charge in [0.2, 0.25) is 12.6 Å². The van der Waals surface area contributed by atoms with Crippen molar-refractivity contribution in [3.05, 3.63) is 24.3 Å². The number of esters is 2. The van der Waals surface area contributed by atoms with Gasteiger partial charge in [-0.25, -0.2) is 0 Å². The summed E-state index contributed by atoms with van der Waals surface area (Å²) in [4.78, 5) is 23.8. The molecule has 0 aromatic heterocycles. The Morgan fingerprint density at radius 3 is 1.28 bits per heavy atom. The Morgan fingerprint density at radius 1 is 0.688 bits per heavy atom. The summed E-state index contributed by atoms with van der Waals surface area (Å²) < 4.78 is 21.0. The number of carbonyl (C=O) groups is 2. The first-order chi connectivity index (χ1) is 15.0. The maximum absolute atomic E-state index is 11.9. The van der Waals surface area contributed by atoms with Crippen molar-refractivity contribution in [1.29, 1.82) is 0 Å². The highest BCUT2D eigenvalue weighted by atomic mass is 16.7. The van der Waals surface area contributed by atoms with Crippen LogP contribution in [0.3, 0.4) is 0 Å². The van der Waals surface area contributed by atoms with Crippen molar-refractivity contribution >= 4 is 11.9 Å². The second-order valence-corrected chi connectivity index (χ2v) is 8.36. The van der Waals surface area contributed by atoms with Gasteiger partial charge in [-0.1, -0.05) is 50.0 Å². The molecule has 0 aliphatic carbocycles. The third-order valence-electron chi connectivity index (χ3n) is 4.28. The van der Waals surface area contributed by atoms with E-state index in [9.17, 15) is 19.8 Å². The molecule has 0 aliphatic rings. The molecule has 4 unspecified atom stereocenters. The lowest BCUT2D eigenvalue weighted by Crippen LogP contribution is -2.32. The topological polar surface area (TPSA) is 112 Å². The van der Waals surface area contributed by atoms with Crippen molar-refractivity contribution in [2.24, 2.45) is 0 Å². The Kier molecular flexibility index (Phi) is 16.8. The maximum atomic E-state index is 11.9. The standard InChI is InChI=1S/C24H42O8/c1-17(2)15-29-23(19(5)25)31-21(27)13-11-9-7-8-10-12-14-22(28)32-24(20(6)26)30-16-18(3)4/h19-20,23-26H,1,3,7-16H2,2,4-6H3. The summed E-state index contributed by atoms with van der Waals surface area (Å²) in [6.45, 7) is 14.4. The number of rotatable bonds is 19.